The van der Waals surface area contributed by atoms with E-state index in [1.54, 1.807) is 12.2 Å². The molecule has 0 saturated heterocycles. The van der Waals surface area contributed by atoms with E-state index in [1.165, 1.54) is 4.90 Å². The molecule has 0 aromatic carbocycles. The third-order valence-corrected chi connectivity index (χ3v) is 2.25. The molecule has 96 valence electrons. The van der Waals surface area contributed by atoms with E-state index in [2.05, 4.69) is 25.4 Å². The highest BCUT2D eigenvalue weighted by Gasteiger charge is 2.18. The lowest BCUT2D eigenvalue weighted by Crippen LogP contribution is -2.43. The lowest BCUT2D eigenvalue weighted by molar-refractivity contribution is -0.145. The van der Waals surface area contributed by atoms with Gasteiger partial charge in [0, 0.05) is 19.6 Å². The molecule has 1 N–H and O–H groups in total. The largest absolute Gasteiger partial charge is 0.348 e. The number of carbonyl (C=O) groups excluding carboxylic acids is 2. The topological polar surface area (TPSA) is 49.4 Å². The van der Waals surface area contributed by atoms with Crippen LogP contribution < -0.4 is 5.32 Å². The van der Waals surface area contributed by atoms with Crippen molar-refractivity contribution in [2.45, 2.75) is 26.2 Å². The Labute approximate surface area is 103 Å². The molecule has 0 aliphatic rings. The standard InChI is InChI=1S/C13H22N2O2/c1-4-7-8-9-14-12(16)13(17)15(10-5-2)11-6-3/h5-6H,2-4,7-11H2,1H3,(H,14,16). The molecule has 0 aromatic heterocycles. The van der Waals surface area contributed by atoms with Crippen molar-refractivity contribution < 1.29 is 9.59 Å². The van der Waals surface area contributed by atoms with Gasteiger partial charge in [0.15, 0.2) is 0 Å². The molecule has 0 radical (unpaired) electrons. The Kier molecular flexibility index (Phi) is 8.74. The zero-order valence-electron chi connectivity index (χ0n) is 10.6. The number of hydrogen-bond donors (Lipinski definition) is 1. The smallest absolute Gasteiger partial charge is 0.312 e. The van der Waals surface area contributed by atoms with Gasteiger partial charge in [0.05, 0.1) is 0 Å². The number of nitrogens with one attached hydrogen (secondary N) is 1. The molecular formula is C13H22N2O2. The van der Waals surface area contributed by atoms with Crippen LogP contribution in [0.15, 0.2) is 25.3 Å². The quantitative estimate of drug-likeness (QED) is 0.396. The lowest BCUT2D eigenvalue weighted by Gasteiger charge is -2.18. The first-order chi connectivity index (χ1) is 8.17. The molecule has 0 aliphatic heterocycles. The van der Waals surface area contributed by atoms with Crippen molar-refractivity contribution in [3.05, 3.63) is 25.3 Å². The molecule has 0 aromatic rings. The van der Waals surface area contributed by atoms with Gasteiger partial charge in [-0.05, 0) is 6.42 Å². The van der Waals surface area contributed by atoms with Crippen molar-refractivity contribution in [2.24, 2.45) is 0 Å². The van der Waals surface area contributed by atoms with Crippen molar-refractivity contribution in [1.29, 1.82) is 0 Å². The summed E-state index contributed by atoms with van der Waals surface area (Å²) in [7, 11) is 0. The van der Waals surface area contributed by atoms with Crippen molar-refractivity contribution in [3.8, 4) is 0 Å². The molecule has 0 heterocycles. The van der Waals surface area contributed by atoms with E-state index in [4.69, 9.17) is 0 Å². The molecule has 4 nitrogen and oxygen atoms in total. The highest BCUT2D eigenvalue weighted by molar-refractivity contribution is 6.35. The van der Waals surface area contributed by atoms with Crippen LogP contribution in [0.4, 0.5) is 0 Å². The third-order valence-electron chi connectivity index (χ3n) is 2.25. The summed E-state index contributed by atoms with van der Waals surface area (Å²) >= 11 is 0. The first-order valence-corrected chi connectivity index (χ1v) is 5.96. The van der Waals surface area contributed by atoms with Gasteiger partial charge in [0.25, 0.3) is 0 Å². The molecule has 0 unspecified atom stereocenters. The summed E-state index contributed by atoms with van der Waals surface area (Å²) in [5, 5.41) is 2.62. The van der Waals surface area contributed by atoms with Crippen LogP contribution >= 0.6 is 0 Å². The van der Waals surface area contributed by atoms with Crippen molar-refractivity contribution in [3.63, 3.8) is 0 Å². The summed E-state index contributed by atoms with van der Waals surface area (Å²) in [4.78, 5) is 24.6. The molecular weight excluding hydrogens is 216 g/mol. The van der Waals surface area contributed by atoms with Crippen molar-refractivity contribution >= 4 is 11.8 Å². The lowest BCUT2D eigenvalue weighted by atomic mass is 10.2. The minimum atomic E-state index is -0.551. The predicted molar refractivity (Wildman–Crippen MR) is 69.5 cm³/mol. The van der Waals surface area contributed by atoms with Crippen molar-refractivity contribution in [1.82, 2.24) is 10.2 Å². The van der Waals surface area contributed by atoms with Gasteiger partial charge >= 0.3 is 11.8 Å². The van der Waals surface area contributed by atoms with Gasteiger partial charge in [0.2, 0.25) is 0 Å². The second-order valence-electron chi connectivity index (χ2n) is 3.75. The van der Waals surface area contributed by atoms with Crippen LogP contribution in [0.2, 0.25) is 0 Å². The molecule has 2 amide bonds. The van der Waals surface area contributed by atoms with Gasteiger partial charge in [-0.1, -0.05) is 31.9 Å². The van der Waals surface area contributed by atoms with Crippen LogP contribution in [0.3, 0.4) is 0 Å². The summed E-state index contributed by atoms with van der Waals surface area (Å²) in [5.74, 6) is -1.08. The number of unbranched alkanes of at least 4 members (excludes halogenated alkanes) is 2. The van der Waals surface area contributed by atoms with Gasteiger partial charge in [-0.2, -0.15) is 0 Å². The van der Waals surface area contributed by atoms with E-state index in [0.717, 1.165) is 19.3 Å². The zero-order valence-corrected chi connectivity index (χ0v) is 10.6. The summed E-state index contributed by atoms with van der Waals surface area (Å²) in [6, 6.07) is 0. The maximum absolute atomic E-state index is 11.7. The van der Waals surface area contributed by atoms with E-state index in [1.807, 2.05) is 0 Å². The highest BCUT2D eigenvalue weighted by atomic mass is 16.2. The highest BCUT2D eigenvalue weighted by Crippen LogP contribution is 1.94. The Bertz CT molecular complexity index is 265. The third kappa shape index (κ3) is 6.56. The monoisotopic (exact) mass is 238 g/mol. The number of hydrogen-bond acceptors (Lipinski definition) is 2. The van der Waals surface area contributed by atoms with Crippen molar-refractivity contribution in [2.75, 3.05) is 19.6 Å². The Morgan fingerprint density at radius 2 is 1.76 bits per heavy atom. The first-order valence-electron chi connectivity index (χ1n) is 5.96. The average Bonchev–Trinajstić information content (AvgIpc) is 2.33. The van der Waals surface area contributed by atoms with E-state index in [0.29, 0.717) is 19.6 Å². The van der Waals surface area contributed by atoms with E-state index < -0.39 is 11.8 Å². The normalized spacial score (nSPS) is 9.47. The molecule has 0 spiro atoms. The minimum Gasteiger partial charge on any atom is -0.348 e. The maximum atomic E-state index is 11.7. The van der Waals surface area contributed by atoms with Gasteiger partial charge in [-0.25, -0.2) is 0 Å². The average molecular weight is 238 g/mol. The van der Waals surface area contributed by atoms with E-state index in [-0.39, 0.29) is 0 Å². The van der Waals surface area contributed by atoms with Crippen LogP contribution in [0.25, 0.3) is 0 Å². The van der Waals surface area contributed by atoms with Crippen LogP contribution in [-0.4, -0.2) is 36.3 Å². The molecule has 17 heavy (non-hydrogen) atoms. The number of amides is 2. The summed E-state index contributed by atoms with van der Waals surface area (Å²) in [6.45, 7) is 10.4. The molecule has 0 fully saturated rings. The molecule has 0 atom stereocenters. The Morgan fingerprint density at radius 3 is 2.24 bits per heavy atom. The van der Waals surface area contributed by atoms with Crippen LogP contribution in [-0.2, 0) is 9.59 Å². The predicted octanol–water partition coefficient (Wildman–Crippen LogP) is 1.49. The van der Waals surface area contributed by atoms with Crippen LogP contribution in [0.5, 0.6) is 0 Å². The van der Waals surface area contributed by atoms with Gasteiger partial charge in [-0.3, -0.25) is 9.59 Å². The number of nitrogens with zero attached hydrogens (tertiary/aromatic N) is 1. The van der Waals surface area contributed by atoms with Crippen LogP contribution in [0, 0.1) is 0 Å². The van der Waals surface area contributed by atoms with E-state index >= 15 is 0 Å². The number of rotatable bonds is 8. The van der Waals surface area contributed by atoms with Gasteiger partial charge < -0.3 is 10.2 Å². The van der Waals surface area contributed by atoms with Crippen LogP contribution in [0.1, 0.15) is 26.2 Å². The second kappa shape index (κ2) is 9.63. The summed E-state index contributed by atoms with van der Waals surface area (Å²) < 4.78 is 0. The first kappa shape index (κ1) is 15.4. The molecule has 0 saturated carbocycles. The fraction of sp³-hybridized carbons (Fsp3) is 0.538. The minimum absolute atomic E-state index is 0.354. The molecule has 0 aliphatic carbocycles. The Morgan fingerprint density at radius 1 is 1.18 bits per heavy atom. The SMILES string of the molecule is C=CCN(CC=C)C(=O)C(=O)NCCCCC. The van der Waals surface area contributed by atoms with Gasteiger partial charge in [-0.15, -0.1) is 13.2 Å². The zero-order chi connectivity index (χ0) is 13.1. The molecule has 0 bridgehead atoms. The fourth-order valence-corrected chi connectivity index (χ4v) is 1.35. The fourth-order valence-electron chi connectivity index (χ4n) is 1.35. The van der Waals surface area contributed by atoms with E-state index in [9.17, 15) is 9.59 Å². The summed E-state index contributed by atoms with van der Waals surface area (Å²) in [5.41, 5.74) is 0. The Hall–Kier alpha value is -1.58. The maximum Gasteiger partial charge on any atom is 0.312 e. The number of carbonyl (C=O) groups is 2. The molecule has 4 heteroatoms. The Balaban J connectivity index is 4.10. The second-order valence-corrected chi connectivity index (χ2v) is 3.75. The molecule has 0 rings (SSSR count). The van der Waals surface area contributed by atoms with Gasteiger partial charge in [0.1, 0.15) is 0 Å². The summed E-state index contributed by atoms with van der Waals surface area (Å²) in [6.07, 6.45) is 6.22.